The molecule has 0 aliphatic carbocycles. The molecule has 0 bridgehead atoms. The molecule has 0 atom stereocenters. The summed E-state index contributed by atoms with van der Waals surface area (Å²) in [5.41, 5.74) is 3.09. The normalized spacial score (nSPS) is 10.5. The number of anilines is 1. The lowest BCUT2D eigenvalue weighted by molar-refractivity contribution is 0.0695. The van der Waals surface area contributed by atoms with Gasteiger partial charge in [-0.1, -0.05) is 42.5 Å². The maximum absolute atomic E-state index is 12.2. The average molecular weight is 334 g/mol. The minimum absolute atomic E-state index is 0.271. The third-order valence-electron chi connectivity index (χ3n) is 4.03. The Kier molecular flexibility index (Phi) is 4.39. The highest BCUT2D eigenvalue weighted by Crippen LogP contribution is 2.31. The number of hydrogen-bond donors (Lipinski definition) is 2. The van der Waals surface area contributed by atoms with Crippen LogP contribution >= 0.6 is 0 Å². The van der Waals surface area contributed by atoms with E-state index in [1.807, 2.05) is 73.6 Å². The van der Waals surface area contributed by atoms with Crippen molar-refractivity contribution < 1.29 is 9.90 Å². The summed E-state index contributed by atoms with van der Waals surface area (Å²) in [7, 11) is 3.90. The first-order chi connectivity index (χ1) is 12.0. The smallest absolute Gasteiger partial charge is 0.341 e. The van der Waals surface area contributed by atoms with Gasteiger partial charge in [-0.2, -0.15) is 0 Å². The third kappa shape index (κ3) is 3.30. The number of nitrogens with zero attached hydrogens (tertiary/aromatic N) is 1. The van der Waals surface area contributed by atoms with E-state index in [1.54, 1.807) is 0 Å². The van der Waals surface area contributed by atoms with Crippen LogP contribution in [0.4, 0.5) is 5.69 Å². The fourth-order valence-corrected chi connectivity index (χ4v) is 2.69. The molecule has 0 saturated heterocycles. The number of benzene rings is 2. The standard InChI is InChI=1S/C20H18N2O3/c1-22(2)15-10-8-14(9-11-15)18-16(13-6-4-3-5-7-13)12-17(20(24)25)19(23)21-18/h3-12H,1-2H3,(H,21,23)(H,24,25). The van der Waals surface area contributed by atoms with Gasteiger partial charge in [-0.15, -0.1) is 0 Å². The van der Waals surface area contributed by atoms with Gasteiger partial charge in [0.2, 0.25) is 0 Å². The summed E-state index contributed by atoms with van der Waals surface area (Å²) in [4.78, 5) is 28.2. The highest BCUT2D eigenvalue weighted by Gasteiger charge is 2.16. The Bertz CT molecular complexity index is 958. The zero-order valence-corrected chi connectivity index (χ0v) is 14.0. The van der Waals surface area contributed by atoms with Crippen LogP contribution in [-0.2, 0) is 0 Å². The van der Waals surface area contributed by atoms with Crippen molar-refractivity contribution >= 4 is 11.7 Å². The molecule has 1 heterocycles. The van der Waals surface area contributed by atoms with Gasteiger partial charge in [-0.05, 0) is 29.3 Å². The molecule has 1 aromatic heterocycles. The number of aromatic carboxylic acids is 1. The molecule has 0 saturated carbocycles. The number of aromatic nitrogens is 1. The average Bonchev–Trinajstić information content (AvgIpc) is 2.62. The van der Waals surface area contributed by atoms with Gasteiger partial charge < -0.3 is 15.0 Å². The van der Waals surface area contributed by atoms with E-state index in [1.165, 1.54) is 6.07 Å². The lowest BCUT2D eigenvalue weighted by atomic mass is 9.97. The second-order valence-corrected chi connectivity index (χ2v) is 5.91. The predicted molar refractivity (Wildman–Crippen MR) is 99.2 cm³/mol. The van der Waals surface area contributed by atoms with Crippen LogP contribution in [0.2, 0.25) is 0 Å². The summed E-state index contributed by atoms with van der Waals surface area (Å²) in [5, 5.41) is 9.27. The molecule has 25 heavy (non-hydrogen) atoms. The van der Waals surface area contributed by atoms with Gasteiger partial charge in [0.15, 0.2) is 0 Å². The second kappa shape index (κ2) is 6.65. The molecule has 0 fully saturated rings. The number of carboxylic acid groups (broad SMARTS) is 1. The van der Waals surface area contributed by atoms with Gasteiger partial charge in [0.25, 0.3) is 5.56 Å². The van der Waals surface area contributed by atoms with E-state index in [2.05, 4.69) is 4.98 Å². The molecule has 0 unspecified atom stereocenters. The number of nitrogens with one attached hydrogen (secondary N) is 1. The number of H-pyrrole nitrogens is 1. The van der Waals surface area contributed by atoms with Crippen molar-refractivity contribution in [3.63, 3.8) is 0 Å². The van der Waals surface area contributed by atoms with E-state index >= 15 is 0 Å². The van der Waals surface area contributed by atoms with Crippen LogP contribution in [0.25, 0.3) is 22.4 Å². The third-order valence-corrected chi connectivity index (χ3v) is 4.03. The predicted octanol–water partition coefficient (Wildman–Crippen LogP) is 3.47. The Hall–Kier alpha value is -3.34. The van der Waals surface area contributed by atoms with Gasteiger partial charge in [0.1, 0.15) is 5.56 Å². The van der Waals surface area contributed by atoms with Gasteiger partial charge in [-0.3, -0.25) is 4.79 Å². The summed E-state index contributed by atoms with van der Waals surface area (Å²) >= 11 is 0. The van der Waals surface area contributed by atoms with E-state index in [0.29, 0.717) is 11.3 Å². The number of pyridine rings is 1. The first-order valence-corrected chi connectivity index (χ1v) is 7.81. The van der Waals surface area contributed by atoms with Crippen molar-refractivity contribution in [2.75, 3.05) is 19.0 Å². The number of hydrogen-bond acceptors (Lipinski definition) is 3. The number of aromatic amines is 1. The zero-order valence-electron chi connectivity index (χ0n) is 14.0. The number of carbonyl (C=O) groups is 1. The second-order valence-electron chi connectivity index (χ2n) is 5.91. The van der Waals surface area contributed by atoms with Crippen molar-refractivity contribution in [3.8, 4) is 22.4 Å². The number of rotatable bonds is 4. The molecule has 2 N–H and O–H groups in total. The lowest BCUT2D eigenvalue weighted by Gasteiger charge is -2.14. The largest absolute Gasteiger partial charge is 0.477 e. The van der Waals surface area contributed by atoms with Crippen molar-refractivity contribution in [3.05, 3.63) is 76.6 Å². The molecule has 0 aliphatic heterocycles. The molecule has 0 aliphatic rings. The topological polar surface area (TPSA) is 73.4 Å². The fourth-order valence-electron chi connectivity index (χ4n) is 2.69. The lowest BCUT2D eigenvalue weighted by Crippen LogP contribution is -2.18. The zero-order chi connectivity index (χ0) is 18.0. The van der Waals surface area contributed by atoms with E-state index in [0.717, 1.165) is 16.8 Å². The van der Waals surface area contributed by atoms with Gasteiger partial charge >= 0.3 is 5.97 Å². The maximum Gasteiger partial charge on any atom is 0.341 e. The van der Waals surface area contributed by atoms with Crippen LogP contribution in [0.1, 0.15) is 10.4 Å². The first kappa shape index (κ1) is 16.5. The summed E-state index contributed by atoms with van der Waals surface area (Å²) < 4.78 is 0. The molecule has 3 rings (SSSR count). The van der Waals surface area contributed by atoms with Crippen LogP contribution in [0.5, 0.6) is 0 Å². The van der Waals surface area contributed by atoms with Crippen LogP contribution < -0.4 is 10.5 Å². The van der Waals surface area contributed by atoms with Crippen LogP contribution in [-0.4, -0.2) is 30.2 Å². The Morgan fingerprint density at radius 2 is 1.60 bits per heavy atom. The molecule has 0 amide bonds. The summed E-state index contributed by atoms with van der Waals surface area (Å²) in [6.07, 6.45) is 0. The summed E-state index contributed by atoms with van der Waals surface area (Å²) in [6, 6.07) is 18.6. The molecule has 126 valence electrons. The monoisotopic (exact) mass is 334 g/mol. The molecule has 5 heteroatoms. The van der Waals surface area contributed by atoms with Gasteiger partial charge in [0.05, 0.1) is 5.69 Å². The molecular formula is C20H18N2O3. The van der Waals surface area contributed by atoms with Crippen molar-refractivity contribution in [2.24, 2.45) is 0 Å². The van der Waals surface area contributed by atoms with E-state index < -0.39 is 11.5 Å². The fraction of sp³-hybridized carbons (Fsp3) is 0.100. The Morgan fingerprint density at radius 3 is 2.16 bits per heavy atom. The number of carboxylic acids is 1. The van der Waals surface area contributed by atoms with Crippen LogP contribution in [0, 0.1) is 0 Å². The molecule has 0 spiro atoms. The molecule has 0 radical (unpaired) electrons. The van der Waals surface area contributed by atoms with Crippen LogP contribution in [0.15, 0.2) is 65.5 Å². The SMILES string of the molecule is CN(C)c1ccc(-c2[nH]c(=O)c(C(=O)O)cc2-c2ccccc2)cc1. The van der Waals surface area contributed by atoms with Crippen LogP contribution in [0.3, 0.4) is 0 Å². The van der Waals surface area contributed by atoms with Crippen molar-refractivity contribution in [1.29, 1.82) is 0 Å². The summed E-state index contributed by atoms with van der Waals surface area (Å²) in [5.74, 6) is -1.24. The highest BCUT2D eigenvalue weighted by molar-refractivity contribution is 5.91. The molecular weight excluding hydrogens is 316 g/mol. The Labute approximate surface area is 145 Å². The minimum Gasteiger partial charge on any atom is -0.477 e. The summed E-state index contributed by atoms with van der Waals surface area (Å²) in [6.45, 7) is 0. The Morgan fingerprint density at radius 1 is 0.960 bits per heavy atom. The first-order valence-electron chi connectivity index (χ1n) is 7.81. The maximum atomic E-state index is 12.2. The Balaban J connectivity index is 2.23. The van der Waals surface area contributed by atoms with Gasteiger partial charge in [-0.25, -0.2) is 4.79 Å². The van der Waals surface area contributed by atoms with E-state index in [4.69, 9.17) is 0 Å². The molecule has 5 nitrogen and oxygen atoms in total. The van der Waals surface area contributed by atoms with Crippen molar-refractivity contribution in [2.45, 2.75) is 0 Å². The minimum atomic E-state index is -1.24. The van der Waals surface area contributed by atoms with E-state index in [9.17, 15) is 14.7 Å². The molecule has 2 aromatic carbocycles. The van der Waals surface area contributed by atoms with Crippen molar-refractivity contribution in [1.82, 2.24) is 4.98 Å². The van der Waals surface area contributed by atoms with Gasteiger partial charge in [0, 0.05) is 25.3 Å². The quantitative estimate of drug-likeness (QED) is 0.766. The van der Waals surface area contributed by atoms with E-state index in [-0.39, 0.29) is 5.56 Å². The molecule has 3 aromatic rings. The highest BCUT2D eigenvalue weighted by atomic mass is 16.4.